The molecule has 2 N–H and O–H groups in total. The Labute approximate surface area is 250 Å². The number of piperidine rings is 1. The average molecular weight is 627 g/mol. The van der Waals surface area contributed by atoms with Crippen molar-refractivity contribution >= 4 is 54.2 Å². The highest BCUT2D eigenvalue weighted by Crippen LogP contribution is 2.32. The lowest BCUT2D eigenvalue weighted by Gasteiger charge is -2.31. The molecule has 1 aromatic heterocycles. The number of ether oxygens (including phenoxy) is 1. The molecule has 1 atom stereocenters. The van der Waals surface area contributed by atoms with Crippen LogP contribution < -0.4 is 15.4 Å². The monoisotopic (exact) mass is 626 g/mol. The van der Waals surface area contributed by atoms with E-state index in [4.69, 9.17) is 4.74 Å². The number of methoxy groups -OCH3 is 1. The SMILES string of the molecule is COc1c(F)ccc(C(=O)Nc2ccc3nc(NC(=O)C4CCCN(S(=O)(=O)c5ccc6c(c5)CCC6)C4)sc3c2)c1F. The van der Waals surface area contributed by atoms with Gasteiger partial charge in [-0.25, -0.2) is 22.2 Å². The Hall–Kier alpha value is -3.94. The van der Waals surface area contributed by atoms with Gasteiger partial charge in [0, 0.05) is 18.8 Å². The Kier molecular flexibility index (Phi) is 7.88. The van der Waals surface area contributed by atoms with Gasteiger partial charge >= 0.3 is 0 Å². The Morgan fingerprint density at radius 2 is 1.84 bits per heavy atom. The second kappa shape index (κ2) is 11.6. The number of benzene rings is 3. The van der Waals surface area contributed by atoms with E-state index in [1.807, 2.05) is 6.07 Å². The largest absolute Gasteiger partial charge is 0.491 e. The first-order chi connectivity index (χ1) is 20.6. The third-order valence-corrected chi connectivity index (χ3v) is 10.6. The highest BCUT2D eigenvalue weighted by molar-refractivity contribution is 7.89. The van der Waals surface area contributed by atoms with Crippen molar-refractivity contribution in [1.29, 1.82) is 0 Å². The molecule has 43 heavy (non-hydrogen) atoms. The van der Waals surface area contributed by atoms with Gasteiger partial charge in [-0.15, -0.1) is 0 Å². The summed E-state index contributed by atoms with van der Waals surface area (Å²) in [5.41, 5.74) is 2.81. The quantitative estimate of drug-likeness (QED) is 0.285. The Balaban J connectivity index is 1.13. The molecule has 0 bridgehead atoms. The van der Waals surface area contributed by atoms with Crippen molar-refractivity contribution in [3.05, 3.63) is 76.9 Å². The first-order valence-corrected chi connectivity index (χ1v) is 16.1. The number of fused-ring (bicyclic) bond motifs is 2. The lowest BCUT2D eigenvalue weighted by molar-refractivity contribution is -0.120. The van der Waals surface area contributed by atoms with Crippen LogP contribution in [0.4, 0.5) is 19.6 Å². The number of thiazole rings is 1. The summed E-state index contributed by atoms with van der Waals surface area (Å²) in [5.74, 6) is -4.31. The van der Waals surface area contributed by atoms with Crippen molar-refractivity contribution in [2.45, 2.75) is 37.0 Å². The molecule has 3 aromatic carbocycles. The number of carbonyl (C=O) groups excluding carboxylic acids is 2. The molecule has 224 valence electrons. The fourth-order valence-corrected chi connectivity index (χ4v) is 8.07. The topological polar surface area (TPSA) is 118 Å². The van der Waals surface area contributed by atoms with E-state index in [2.05, 4.69) is 15.6 Å². The molecule has 0 radical (unpaired) electrons. The fourth-order valence-electron chi connectivity index (χ4n) is 5.59. The molecule has 13 heteroatoms. The first kappa shape index (κ1) is 29.1. The minimum absolute atomic E-state index is 0.0804. The van der Waals surface area contributed by atoms with E-state index in [0.717, 1.165) is 44.1 Å². The molecule has 1 aliphatic heterocycles. The molecule has 0 spiro atoms. The third kappa shape index (κ3) is 5.71. The van der Waals surface area contributed by atoms with Gasteiger partial charge in [0.2, 0.25) is 15.9 Å². The van der Waals surface area contributed by atoms with E-state index >= 15 is 0 Å². The normalized spacial score (nSPS) is 17.0. The summed E-state index contributed by atoms with van der Waals surface area (Å²) < 4.78 is 61.8. The van der Waals surface area contributed by atoms with Gasteiger partial charge in [-0.2, -0.15) is 4.31 Å². The van der Waals surface area contributed by atoms with E-state index in [0.29, 0.717) is 40.4 Å². The molecule has 1 aliphatic carbocycles. The molecular weight excluding hydrogens is 598 g/mol. The van der Waals surface area contributed by atoms with Crippen LogP contribution >= 0.6 is 11.3 Å². The van der Waals surface area contributed by atoms with Crippen LogP contribution in [0.3, 0.4) is 0 Å². The van der Waals surface area contributed by atoms with Crippen molar-refractivity contribution in [3.8, 4) is 5.75 Å². The van der Waals surface area contributed by atoms with Crippen molar-refractivity contribution in [1.82, 2.24) is 9.29 Å². The number of amides is 2. The number of sulfonamides is 1. The summed E-state index contributed by atoms with van der Waals surface area (Å²) in [4.78, 5) is 30.6. The number of nitrogens with zero attached hydrogens (tertiary/aromatic N) is 2. The van der Waals surface area contributed by atoms with E-state index in [1.165, 1.54) is 21.2 Å². The van der Waals surface area contributed by atoms with Crippen LogP contribution in [-0.4, -0.2) is 49.7 Å². The molecule has 4 aromatic rings. The van der Waals surface area contributed by atoms with Gasteiger partial charge in [0.15, 0.2) is 22.5 Å². The van der Waals surface area contributed by atoms with Crippen LogP contribution in [0.5, 0.6) is 5.75 Å². The summed E-state index contributed by atoms with van der Waals surface area (Å²) in [6.07, 6.45) is 3.98. The summed E-state index contributed by atoms with van der Waals surface area (Å²) in [6, 6.07) is 12.2. The number of anilines is 2. The van der Waals surface area contributed by atoms with Gasteiger partial charge in [0.25, 0.3) is 5.91 Å². The minimum Gasteiger partial charge on any atom is -0.491 e. The summed E-state index contributed by atoms with van der Waals surface area (Å²) >= 11 is 1.18. The number of carbonyl (C=O) groups is 2. The zero-order valence-corrected chi connectivity index (χ0v) is 24.8. The third-order valence-electron chi connectivity index (χ3n) is 7.84. The molecule has 2 heterocycles. The smallest absolute Gasteiger partial charge is 0.258 e. The van der Waals surface area contributed by atoms with E-state index in [-0.39, 0.29) is 22.9 Å². The van der Waals surface area contributed by atoms with Gasteiger partial charge < -0.3 is 15.4 Å². The number of aryl methyl sites for hydroxylation is 2. The molecule has 2 aliphatic rings. The molecule has 2 amide bonds. The van der Waals surface area contributed by atoms with E-state index in [1.54, 1.807) is 30.3 Å². The number of halogens is 2. The van der Waals surface area contributed by atoms with E-state index < -0.39 is 39.2 Å². The number of hydrogen-bond donors (Lipinski definition) is 2. The van der Waals surface area contributed by atoms with Crippen LogP contribution in [0.2, 0.25) is 0 Å². The zero-order valence-electron chi connectivity index (χ0n) is 23.2. The Morgan fingerprint density at radius 1 is 1.02 bits per heavy atom. The lowest BCUT2D eigenvalue weighted by atomic mass is 9.99. The maximum atomic E-state index is 14.5. The van der Waals surface area contributed by atoms with Crippen LogP contribution in [0, 0.1) is 17.6 Å². The highest BCUT2D eigenvalue weighted by Gasteiger charge is 2.34. The Bertz CT molecular complexity index is 1860. The van der Waals surface area contributed by atoms with Crippen LogP contribution in [0.1, 0.15) is 40.7 Å². The van der Waals surface area contributed by atoms with Gasteiger partial charge in [0.05, 0.1) is 33.7 Å². The molecular formula is C30H28F2N4O5S2. The second-order valence-electron chi connectivity index (χ2n) is 10.6. The predicted octanol–water partition coefficient (Wildman–Crippen LogP) is 5.36. The average Bonchev–Trinajstić information content (AvgIpc) is 3.63. The molecule has 0 saturated carbocycles. The van der Waals surface area contributed by atoms with Gasteiger partial charge in [0.1, 0.15) is 0 Å². The number of aromatic nitrogens is 1. The minimum atomic E-state index is -3.73. The predicted molar refractivity (Wildman–Crippen MR) is 159 cm³/mol. The van der Waals surface area contributed by atoms with E-state index in [9.17, 15) is 26.8 Å². The molecule has 1 fully saturated rings. The van der Waals surface area contributed by atoms with Crippen molar-refractivity contribution < 1.29 is 31.5 Å². The van der Waals surface area contributed by atoms with Crippen molar-refractivity contribution in [3.63, 3.8) is 0 Å². The van der Waals surface area contributed by atoms with Gasteiger partial charge in [-0.3, -0.25) is 9.59 Å². The van der Waals surface area contributed by atoms with Crippen molar-refractivity contribution in [2.24, 2.45) is 5.92 Å². The standard InChI is InChI=1S/C30H28F2N4O5S2/c1-41-27-23(31)11-10-22(26(27)32)29(38)33-20-8-12-24-25(15-20)42-30(34-24)35-28(37)19-6-3-13-36(16-19)43(39,40)21-9-7-17-4-2-5-18(17)14-21/h7-12,14-15,19H,2-6,13,16H2,1H3,(H,33,38)(H,34,35,37). The summed E-state index contributed by atoms with van der Waals surface area (Å²) in [7, 11) is -2.62. The maximum Gasteiger partial charge on any atom is 0.258 e. The molecule has 6 rings (SSSR count). The Morgan fingerprint density at radius 3 is 2.65 bits per heavy atom. The second-order valence-corrected chi connectivity index (χ2v) is 13.5. The summed E-state index contributed by atoms with van der Waals surface area (Å²) in [6.45, 7) is 0.435. The van der Waals surface area contributed by atoms with Crippen molar-refractivity contribution in [2.75, 3.05) is 30.8 Å². The maximum absolute atomic E-state index is 14.5. The molecule has 1 unspecified atom stereocenters. The fraction of sp³-hybridized carbons (Fsp3) is 0.300. The first-order valence-electron chi connectivity index (χ1n) is 13.8. The van der Waals surface area contributed by atoms with Gasteiger partial charge in [-0.05, 0) is 85.7 Å². The highest BCUT2D eigenvalue weighted by atomic mass is 32.2. The van der Waals surface area contributed by atoms with Crippen LogP contribution in [-0.2, 0) is 27.7 Å². The van der Waals surface area contributed by atoms with Crippen LogP contribution in [0.15, 0.2) is 53.4 Å². The molecule has 1 saturated heterocycles. The number of nitrogens with one attached hydrogen (secondary N) is 2. The number of rotatable bonds is 7. The van der Waals surface area contributed by atoms with Gasteiger partial charge in [-0.1, -0.05) is 17.4 Å². The summed E-state index contributed by atoms with van der Waals surface area (Å²) in [5, 5.41) is 5.73. The molecule has 9 nitrogen and oxygen atoms in total. The van der Waals surface area contributed by atoms with Crippen LogP contribution in [0.25, 0.3) is 10.2 Å². The zero-order chi connectivity index (χ0) is 30.3. The number of hydrogen-bond acceptors (Lipinski definition) is 7. The lowest BCUT2D eigenvalue weighted by Crippen LogP contribution is -2.43.